The van der Waals surface area contributed by atoms with Crippen molar-refractivity contribution in [1.29, 1.82) is 0 Å². The number of amides is 4. The lowest BCUT2D eigenvalue weighted by Crippen LogP contribution is -2.49. The van der Waals surface area contributed by atoms with Crippen molar-refractivity contribution in [1.82, 2.24) is 15.3 Å². The lowest BCUT2D eigenvalue weighted by molar-refractivity contribution is -0.139. The Hall–Kier alpha value is -3.53. The summed E-state index contributed by atoms with van der Waals surface area (Å²) in [5.41, 5.74) is 3.80. The fourth-order valence-corrected chi connectivity index (χ4v) is 4.59. The molecule has 0 saturated carbocycles. The minimum absolute atomic E-state index is 0.173. The van der Waals surface area contributed by atoms with Gasteiger partial charge in [-0.2, -0.15) is 0 Å². The third-order valence-electron chi connectivity index (χ3n) is 4.99. The number of rotatable bonds is 6. The number of nitrogens with zero attached hydrogens (tertiary/aromatic N) is 2. The minimum Gasteiger partial charge on any atom is -0.493 e. The fraction of sp³-hybridized carbons (Fsp3) is 0.238. The zero-order chi connectivity index (χ0) is 22.1. The highest BCUT2D eigenvalue weighted by Gasteiger charge is 2.38. The van der Waals surface area contributed by atoms with Gasteiger partial charge in [0.15, 0.2) is 11.5 Å². The number of carbonyl (C=O) groups excluding carboxylic acids is 4. The van der Waals surface area contributed by atoms with Crippen LogP contribution in [0.15, 0.2) is 42.5 Å². The summed E-state index contributed by atoms with van der Waals surface area (Å²) in [5.74, 6) is -0.786. The van der Waals surface area contributed by atoms with E-state index in [1.54, 1.807) is 42.5 Å². The van der Waals surface area contributed by atoms with Crippen molar-refractivity contribution in [3.8, 4) is 11.5 Å². The van der Waals surface area contributed by atoms with Gasteiger partial charge in [0.2, 0.25) is 0 Å². The molecule has 1 atom stereocenters. The van der Waals surface area contributed by atoms with Gasteiger partial charge in [-0.3, -0.25) is 29.5 Å². The van der Waals surface area contributed by atoms with E-state index in [-0.39, 0.29) is 22.8 Å². The Labute approximate surface area is 182 Å². The largest absolute Gasteiger partial charge is 0.493 e. The molecule has 1 N–H and O–H groups in total. The number of methoxy groups -OCH3 is 2. The van der Waals surface area contributed by atoms with Crippen molar-refractivity contribution in [2.24, 2.45) is 0 Å². The highest BCUT2D eigenvalue weighted by Crippen LogP contribution is 2.40. The summed E-state index contributed by atoms with van der Waals surface area (Å²) < 4.78 is 10.6. The second kappa shape index (κ2) is 8.31. The summed E-state index contributed by atoms with van der Waals surface area (Å²) >= 11 is 1.34. The SMILES string of the molecule is COc1ccc(C2SCC(=O)N2NC(=O)CN2C(=O)c3ccccc3C2=O)cc1OC. The van der Waals surface area contributed by atoms with Crippen LogP contribution in [-0.4, -0.2) is 60.1 Å². The van der Waals surface area contributed by atoms with Crippen LogP contribution in [0.1, 0.15) is 31.7 Å². The molecule has 1 fully saturated rings. The molecule has 0 spiro atoms. The maximum Gasteiger partial charge on any atom is 0.262 e. The Balaban J connectivity index is 1.49. The summed E-state index contributed by atoms with van der Waals surface area (Å²) in [6, 6.07) is 11.6. The molecule has 4 amide bonds. The summed E-state index contributed by atoms with van der Waals surface area (Å²) in [6.07, 6.45) is 0. The molecule has 1 unspecified atom stereocenters. The van der Waals surface area contributed by atoms with E-state index in [0.717, 1.165) is 10.5 Å². The number of hydrogen-bond acceptors (Lipinski definition) is 7. The fourth-order valence-electron chi connectivity index (χ4n) is 3.49. The first-order chi connectivity index (χ1) is 14.9. The van der Waals surface area contributed by atoms with E-state index in [4.69, 9.17) is 9.47 Å². The molecule has 2 heterocycles. The van der Waals surface area contributed by atoms with E-state index in [9.17, 15) is 19.2 Å². The van der Waals surface area contributed by atoms with Crippen LogP contribution in [-0.2, 0) is 9.59 Å². The van der Waals surface area contributed by atoms with Gasteiger partial charge < -0.3 is 9.47 Å². The van der Waals surface area contributed by atoms with Crippen LogP contribution < -0.4 is 14.9 Å². The first kappa shape index (κ1) is 20.7. The second-order valence-electron chi connectivity index (χ2n) is 6.82. The monoisotopic (exact) mass is 441 g/mol. The van der Waals surface area contributed by atoms with Gasteiger partial charge in [-0.1, -0.05) is 18.2 Å². The molecular weight excluding hydrogens is 422 g/mol. The van der Waals surface area contributed by atoms with Gasteiger partial charge in [0.05, 0.1) is 31.1 Å². The van der Waals surface area contributed by atoms with Gasteiger partial charge in [-0.05, 0) is 29.8 Å². The predicted molar refractivity (Wildman–Crippen MR) is 112 cm³/mol. The zero-order valence-corrected chi connectivity index (χ0v) is 17.6. The molecule has 0 aliphatic carbocycles. The van der Waals surface area contributed by atoms with E-state index in [0.29, 0.717) is 11.5 Å². The molecule has 0 radical (unpaired) electrons. The second-order valence-corrected chi connectivity index (χ2v) is 7.89. The molecule has 31 heavy (non-hydrogen) atoms. The molecule has 1 saturated heterocycles. The van der Waals surface area contributed by atoms with Crippen molar-refractivity contribution in [3.63, 3.8) is 0 Å². The Morgan fingerprint density at radius 1 is 1.03 bits per heavy atom. The van der Waals surface area contributed by atoms with Crippen LogP contribution in [0.4, 0.5) is 0 Å². The highest BCUT2D eigenvalue weighted by molar-refractivity contribution is 8.00. The molecule has 2 aliphatic heterocycles. The average Bonchev–Trinajstić information content (AvgIpc) is 3.26. The Morgan fingerprint density at radius 2 is 1.68 bits per heavy atom. The number of thioether (sulfide) groups is 1. The summed E-state index contributed by atoms with van der Waals surface area (Å²) in [5, 5.41) is 0.727. The maximum absolute atomic E-state index is 12.6. The van der Waals surface area contributed by atoms with E-state index >= 15 is 0 Å². The molecule has 10 heteroatoms. The van der Waals surface area contributed by atoms with Crippen molar-refractivity contribution in [2.75, 3.05) is 26.5 Å². The Morgan fingerprint density at radius 3 is 2.29 bits per heavy atom. The number of hydrazine groups is 1. The van der Waals surface area contributed by atoms with Crippen LogP contribution in [0.2, 0.25) is 0 Å². The molecule has 0 aromatic heterocycles. The smallest absolute Gasteiger partial charge is 0.262 e. The van der Waals surface area contributed by atoms with Crippen molar-refractivity contribution < 1.29 is 28.7 Å². The van der Waals surface area contributed by atoms with E-state index in [1.807, 2.05) is 0 Å². The third-order valence-corrected chi connectivity index (χ3v) is 6.20. The maximum atomic E-state index is 12.6. The van der Waals surface area contributed by atoms with Crippen LogP contribution in [0.25, 0.3) is 0 Å². The molecule has 2 aromatic carbocycles. The molecule has 2 aromatic rings. The van der Waals surface area contributed by atoms with Crippen LogP contribution in [0, 0.1) is 0 Å². The van der Waals surface area contributed by atoms with Gasteiger partial charge >= 0.3 is 0 Å². The van der Waals surface area contributed by atoms with Gasteiger partial charge in [-0.25, -0.2) is 5.01 Å². The minimum atomic E-state index is -0.643. The van der Waals surface area contributed by atoms with Crippen molar-refractivity contribution in [3.05, 3.63) is 59.2 Å². The number of benzene rings is 2. The number of imide groups is 1. The van der Waals surface area contributed by atoms with E-state index in [2.05, 4.69) is 5.43 Å². The molecule has 4 rings (SSSR count). The van der Waals surface area contributed by atoms with Crippen LogP contribution >= 0.6 is 11.8 Å². The number of fused-ring (bicyclic) bond motifs is 1. The van der Waals surface area contributed by atoms with Crippen molar-refractivity contribution in [2.45, 2.75) is 5.37 Å². The molecule has 9 nitrogen and oxygen atoms in total. The zero-order valence-electron chi connectivity index (χ0n) is 16.8. The molecular formula is C21H19N3O6S. The Kier molecular flexibility index (Phi) is 5.55. The standard InChI is InChI=1S/C21H19N3O6S/c1-29-15-8-7-12(9-16(15)30-2)21-24(18(26)11-31-21)22-17(25)10-23-19(27)13-5-3-4-6-14(13)20(23)28/h3-9,21H,10-11H2,1-2H3,(H,22,25). The van der Waals surface area contributed by atoms with Gasteiger partial charge in [0.1, 0.15) is 11.9 Å². The van der Waals surface area contributed by atoms with Crippen molar-refractivity contribution >= 4 is 35.4 Å². The van der Waals surface area contributed by atoms with Crippen LogP contribution in [0.5, 0.6) is 11.5 Å². The van der Waals surface area contributed by atoms with Crippen LogP contribution in [0.3, 0.4) is 0 Å². The molecule has 0 bridgehead atoms. The molecule has 2 aliphatic rings. The number of hydrogen-bond donors (Lipinski definition) is 1. The average molecular weight is 441 g/mol. The number of ether oxygens (including phenoxy) is 2. The number of carbonyl (C=O) groups is 4. The van der Waals surface area contributed by atoms with E-state index in [1.165, 1.54) is 31.0 Å². The van der Waals surface area contributed by atoms with Gasteiger partial charge in [-0.15, -0.1) is 11.8 Å². The lowest BCUT2D eigenvalue weighted by atomic mass is 10.1. The lowest BCUT2D eigenvalue weighted by Gasteiger charge is -2.26. The topological polar surface area (TPSA) is 105 Å². The summed E-state index contributed by atoms with van der Waals surface area (Å²) in [4.78, 5) is 50.9. The van der Waals surface area contributed by atoms with Gasteiger partial charge in [0.25, 0.3) is 23.6 Å². The first-order valence-corrected chi connectivity index (χ1v) is 10.4. The quantitative estimate of drug-likeness (QED) is 0.679. The normalized spacial score (nSPS) is 17.7. The predicted octanol–water partition coefficient (Wildman–Crippen LogP) is 1.61. The van der Waals surface area contributed by atoms with E-state index < -0.39 is 29.6 Å². The summed E-state index contributed by atoms with van der Waals surface area (Å²) in [6.45, 7) is -0.487. The highest BCUT2D eigenvalue weighted by atomic mass is 32.2. The first-order valence-electron chi connectivity index (χ1n) is 9.35. The number of nitrogens with one attached hydrogen (secondary N) is 1. The third kappa shape index (κ3) is 3.70. The Bertz CT molecular complexity index is 1050. The molecule has 160 valence electrons. The summed E-state index contributed by atoms with van der Waals surface area (Å²) in [7, 11) is 3.04. The van der Waals surface area contributed by atoms with Gasteiger partial charge in [0, 0.05) is 0 Å².